The van der Waals surface area contributed by atoms with E-state index in [2.05, 4.69) is 21.2 Å². The molecule has 3 aromatic rings. The molecule has 2 aromatic carbocycles. The third kappa shape index (κ3) is 2.96. The molecule has 0 aliphatic carbocycles. The molecule has 5 heteroatoms. The van der Waals surface area contributed by atoms with Crippen molar-refractivity contribution in [1.82, 2.24) is 0 Å². The van der Waals surface area contributed by atoms with Crippen LogP contribution >= 0.6 is 27.5 Å². The Bertz CT molecular complexity index is 841. The van der Waals surface area contributed by atoms with Gasteiger partial charge in [-0.25, -0.2) is 0 Å². The van der Waals surface area contributed by atoms with E-state index in [0.29, 0.717) is 10.6 Å². The summed E-state index contributed by atoms with van der Waals surface area (Å²) < 4.78 is 6.53. The Morgan fingerprint density at radius 1 is 1.19 bits per heavy atom. The molecule has 0 aliphatic heterocycles. The van der Waals surface area contributed by atoms with Crippen LogP contribution in [0.15, 0.2) is 51.4 Å². The van der Waals surface area contributed by atoms with Gasteiger partial charge in [0.1, 0.15) is 5.58 Å². The highest BCUT2D eigenvalue weighted by Gasteiger charge is 2.13. The fraction of sp³-hybridized carbons (Fsp3) is 0.0625. The first kappa shape index (κ1) is 14.2. The van der Waals surface area contributed by atoms with Crippen molar-refractivity contribution in [2.24, 2.45) is 0 Å². The minimum Gasteiger partial charge on any atom is -0.451 e. The van der Waals surface area contributed by atoms with Gasteiger partial charge in [-0.05, 0) is 55.0 Å². The molecule has 106 valence electrons. The van der Waals surface area contributed by atoms with Crippen LogP contribution < -0.4 is 5.32 Å². The number of furan rings is 1. The van der Waals surface area contributed by atoms with Crippen LogP contribution in [0.5, 0.6) is 0 Å². The maximum absolute atomic E-state index is 12.2. The standard InChI is InChI=1S/C16H11BrClNO2/c1-9-6-12(3-4-13(9)17)19-16(20)15-8-10-7-11(18)2-5-14(10)21-15/h2-8H,1H3,(H,19,20). The van der Waals surface area contributed by atoms with Crippen molar-refractivity contribution in [1.29, 1.82) is 0 Å². The first-order valence-electron chi connectivity index (χ1n) is 6.29. The van der Waals surface area contributed by atoms with Gasteiger partial charge < -0.3 is 9.73 Å². The minimum absolute atomic E-state index is 0.257. The summed E-state index contributed by atoms with van der Waals surface area (Å²) >= 11 is 9.35. The number of aryl methyl sites for hydroxylation is 1. The van der Waals surface area contributed by atoms with Crippen LogP contribution in [-0.2, 0) is 0 Å². The number of benzene rings is 2. The Balaban J connectivity index is 1.87. The topological polar surface area (TPSA) is 42.2 Å². The van der Waals surface area contributed by atoms with E-state index in [4.69, 9.17) is 16.0 Å². The molecule has 0 radical (unpaired) electrons. The molecule has 0 saturated carbocycles. The lowest BCUT2D eigenvalue weighted by atomic mass is 10.2. The molecule has 0 atom stereocenters. The number of rotatable bonds is 2. The van der Waals surface area contributed by atoms with Crippen molar-refractivity contribution >= 4 is 50.1 Å². The van der Waals surface area contributed by atoms with Crippen LogP contribution in [0.2, 0.25) is 5.02 Å². The maximum atomic E-state index is 12.2. The van der Waals surface area contributed by atoms with Crippen LogP contribution in [0.25, 0.3) is 11.0 Å². The zero-order chi connectivity index (χ0) is 15.0. The van der Waals surface area contributed by atoms with Crippen LogP contribution in [0.4, 0.5) is 5.69 Å². The highest BCUT2D eigenvalue weighted by atomic mass is 79.9. The predicted octanol–water partition coefficient (Wildman–Crippen LogP) is 5.41. The van der Waals surface area contributed by atoms with Gasteiger partial charge in [0, 0.05) is 20.6 Å². The van der Waals surface area contributed by atoms with Gasteiger partial charge in [0.05, 0.1) is 0 Å². The molecule has 0 fully saturated rings. The summed E-state index contributed by atoms with van der Waals surface area (Å²) in [5.74, 6) is -0.0307. The van der Waals surface area contributed by atoms with Crippen molar-refractivity contribution in [3.8, 4) is 0 Å². The summed E-state index contributed by atoms with van der Waals surface area (Å²) in [6, 6.07) is 12.5. The largest absolute Gasteiger partial charge is 0.451 e. The van der Waals surface area contributed by atoms with Gasteiger partial charge in [0.2, 0.25) is 0 Å². The van der Waals surface area contributed by atoms with Crippen molar-refractivity contribution in [2.75, 3.05) is 5.32 Å². The monoisotopic (exact) mass is 363 g/mol. The second-order valence-corrected chi connectivity index (χ2v) is 6.00. The van der Waals surface area contributed by atoms with Gasteiger partial charge in [-0.3, -0.25) is 4.79 Å². The number of hydrogen-bond acceptors (Lipinski definition) is 2. The first-order valence-corrected chi connectivity index (χ1v) is 7.46. The van der Waals surface area contributed by atoms with E-state index in [1.807, 2.05) is 25.1 Å². The van der Waals surface area contributed by atoms with Gasteiger partial charge >= 0.3 is 0 Å². The molecule has 3 nitrogen and oxygen atoms in total. The summed E-state index contributed by atoms with van der Waals surface area (Å²) in [5, 5.41) is 4.23. The predicted molar refractivity (Wildman–Crippen MR) is 88.1 cm³/mol. The Morgan fingerprint density at radius 2 is 2.00 bits per heavy atom. The van der Waals surface area contributed by atoms with Crippen molar-refractivity contribution < 1.29 is 9.21 Å². The van der Waals surface area contributed by atoms with E-state index in [1.54, 1.807) is 24.3 Å². The SMILES string of the molecule is Cc1cc(NC(=O)c2cc3cc(Cl)ccc3o2)ccc1Br. The molecule has 21 heavy (non-hydrogen) atoms. The van der Waals surface area contributed by atoms with Crippen molar-refractivity contribution in [3.05, 3.63) is 63.3 Å². The molecule has 1 amide bonds. The minimum atomic E-state index is -0.288. The zero-order valence-corrected chi connectivity index (χ0v) is 13.5. The second-order valence-electron chi connectivity index (χ2n) is 4.71. The Labute approximate surface area is 135 Å². The molecular formula is C16H11BrClNO2. The van der Waals surface area contributed by atoms with Gasteiger partial charge in [-0.2, -0.15) is 0 Å². The van der Waals surface area contributed by atoms with E-state index in [-0.39, 0.29) is 11.7 Å². The van der Waals surface area contributed by atoms with E-state index < -0.39 is 0 Å². The molecule has 1 N–H and O–H groups in total. The van der Waals surface area contributed by atoms with Crippen molar-refractivity contribution in [2.45, 2.75) is 6.92 Å². The molecule has 0 saturated heterocycles. The third-order valence-electron chi connectivity index (χ3n) is 3.12. The maximum Gasteiger partial charge on any atom is 0.291 e. The lowest BCUT2D eigenvalue weighted by molar-refractivity contribution is 0.0998. The number of halogens is 2. The molecular weight excluding hydrogens is 354 g/mol. The molecule has 1 aromatic heterocycles. The number of carbonyl (C=O) groups excluding carboxylic acids is 1. The number of carbonyl (C=O) groups is 1. The molecule has 0 spiro atoms. The van der Waals surface area contributed by atoms with Gasteiger partial charge in [-0.15, -0.1) is 0 Å². The second kappa shape index (κ2) is 5.54. The summed E-state index contributed by atoms with van der Waals surface area (Å²) in [7, 11) is 0. The first-order chi connectivity index (χ1) is 10.0. The lowest BCUT2D eigenvalue weighted by Gasteiger charge is -2.05. The number of amides is 1. The molecule has 3 rings (SSSR count). The summed E-state index contributed by atoms with van der Waals surface area (Å²) in [6.45, 7) is 1.96. The number of hydrogen-bond donors (Lipinski definition) is 1. The highest BCUT2D eigenvalue weighted by Crippen LogP contribution is 2.24. The average molecular weight is 365 g/mol. The smallest absolute Gasteiger partial charge is 0.291 e. The van der Waals surface area contributed by atoms with Gasteiger partial charge in [0.15, 0.2) is 5.76 Å². The van der Waals surface area contributed by atoms with Crippen LogP contribution in [0, 0.1) is 6.92 Å². The Hall–Kier alpha value is -1.78. The average Bonchev–Trinajstić information content (AvgIpc) is 2.86. The fourth-order valence-electron chi connectivity index (χ4n) is 2.04. The van der Waals surface area contributed by atoms with E-state index in [0.717, 1.165) is 21.1 Å². The Morgan fingerprint density at radius 3 is 2.76 bits per heavy atom. The quantitative estimate of drug-likeness (QED) is 0.660. The van der Waals surface area contributed by atoms with Crippen LogP contribution in [0.1, 0.15) is 16.1 Å². The summed E-state index contributed by atoms with van der Waals surface area (Å²) in [4.78, 5) is 12.2. The lowest BCUT2D eigenvalue weighted by Crippen LogP contribution is -2.10. The fourth-order valence-corrected chi connectivity index (χ4v) is 2.47. The molecule has 1 heterocycles. The van der Waals surface area contributed by atoms with Crippen molar-refractivity contribution in [3.63, 3.8) is 0 Å². The number of anilines is 1. The van der Waals surface area contributed by atoms with E-state index in [9.17, 15) is 4.79 Å². The van der Waals surface area contributed by atoms with Crippen LogP contribution in [0.3, 0.4) is 0 Å². The molecule has 0 unspecified atom stereocenters. The van der Waals surface area contributed by atoms with Gasteiger partial charge in [-0.1, -0.05) is 27.5 Å². The zero-order valence-electron chi connectivity index (χ0n) is 11.1. The van der Waals surface area contributed by atoms with Crippen LogP contribution in [-0.4, -0.2) is 5.91 Å². The van der Waals surface area contributed by atoms with E-state index in [1.165, 1.54) is 0 Å². The molecule has 0 aliphatic rings. The Kier molecular flexibility index (Phi) is 3.74. The van der Waals surface area contributed by atoms with Gasteiger partial charge in [0.25, 0.3) is 5.91 Å². The summed E-state index contributed by atoms with van der Waals surface area (Å²) in [6.07, 6.45) is 0. The third-order valence-corrected chi connectivity index (χ3v) is 4.24. The number of nitrogens with one attached hydrogen (secondary N) is 1. The normalized spacial score (nSPS) is 10.8. The molecule has 0 bridgehead atoms. The van der Waals surface area contributed by atoms with E-state index >= 15 is 0 Å². The number of fused-ring (bicyclic) bond motifs is 1. The summed E-state index contributed by atoms with van der Waals surface area (Å²) in [5.41, 5.74) is 2.40. The highest BCUT2D eigenvalue weighted by molar-refractivity contribution is 9.10.